The highest BCUT2D eigenvalue weighted by Crippen LogP contribution is 2.37. The number of hydrogen-bond acceptors (Lipinski definition) is 2. The van der Waals surface area contributed by atoms with Gasteiger partial charge in [0, 0.05) is 27.4 Å². The number of fused-ring (bicyclic) bond motifs is 1. The Labute approximate surface area is 185 Å². The van der Waals surface area contributed by atoms with Crippen LogP contribution in [0.5, 0.6) is 0 Å². The van der Waals surface area contributed by atoms with Crippen molar-refractivity contribution < 1.29 is 4.79 Å². The van der Waals surface area contributed by atoms with Crippen molar-refractivity contribution in [1.29, 1.82) is 0 Å². The van der Waals surface area contributed by atoms with E-state index in [-0.39, 0.29) is 11.8 Å². The van der Waals surface area contributed by atoms with Crippen LogP contribution in [0.4, 0.5) is 0 Å². The van der Waals surface area contributed by atoms with Crippen LogP contribution in [0.15, 0.2) is 82.6 Å². The Morgan fingerprint density at radius 1 is 1.07 bits per heavy atom. The van der Waals surface area contributed by atoms with Gasteiger partial charge in [-0.3, -0.25) is 4.79 Å². The topological polar surface area (TPSA) is 44.9 Å². The summed E-state index contributed by atoms with van der Waals surface area (Å²) >= 11 is 7.60. The Hall–Kier alpha value is -2.69. The molecule has 2 N–H and O–H groups in total. The molecule has 1 heterocycles. The molecule has 4 rings (SSSR count). The molecule has 4 aromatic rings. The van der Waals surface area contributed by atoms with Crippen LogP contribution in [0.3, 0.4) is 0 Å². The number of H-pyrrole nitrogens is 1. The standard InChI is InChI=1S/C25H23ClN2OS/c1-16-8-13-21-22(14-16)28-23(24(21)30-20-11-9-19(26)10-12-20)25(29)27-15-17(2)18-6-4-3-5-7-18/h3-14,17,28H,15H2,1-2H3,(H,27,29)/t17-/m1/s1. The predicted octanol–water partition coefficient (Wildman–Crippen LogP) is 6.81. The molecule has 0 aliphatic rings. The van der Waals surface area contributed by atoms with E-state index < -0.39 is 0 Å². The van der Waals surface area contributed by atoms with Gasteiger partial charge in [0.1, 0.15) is 5.69 Å². The maximum absolute atomic E-state index is 13.1. The van der Waals surface area contributed by atoms with Gasteiger partial charge in [-0.25, -0.2) is 0 Å². The second-order valence-electron chi connectivity index (χ2n) is 7.46. The van der Waals surface area contributed by atoms with Gasteiger partial charge in [-0.15, -0.1) is 0 Å². The van der Waals surface area contributed by atoms with Crippen LogP contribution in [-0.4, -0.2) is 17.4 Å². The third-order valence-corrected chi connectivity index (χ3v) is 6.49. The Kier molecular flexibility index (Phi) is 6.16. The van der Waals surface area contributed by atoms with Gasteiger partial charge in [0.25, 0.3) is 5.91 Å². The first-order chi connectivity index (χ1) is 14.5. The molecule has 0 spiro atoms. The van der Waals surface area contributed by atoms with E-state index in [2.05, 4.69) is 47.6 Å². The Morgan fingerprint density at radius 3 is 2.53 bits per heavy atom. The lowest BCUT2D eigenvalue weighted by molar-refractivity contribution is 0.0944. The van der Waals surface area contributed by atoms with E-state index in [1.807, 2.05) is 49.4 Å². The molecular weight excluding hydrogens is 412 g/mol. The number of aryl methyl sites for hydroxylation is 1. The average Bonchev–Trinajstić information content (AvgIpc) is 3.11. The number of amides is 1. The Bertz CT molecular complexity index is 1170. The maximum atomic E-state index is 13.1. The number of rotatable bonds is 6. The molecule has 0 aliphatic carbocycles. The summed E-state index contributed by atoms with van der Waals surface area (Å²) in [5, 5.41) is 4.84. The van der Waals surface area contributed by atoms with Crippen LogP contribution >= 0.6 is 23.4 Å². The summed E-state index contributed by atoms with van der Waals surface area (Å²) in [6.45, 7) is 4.74. The van der Waals surface area contributed by atoms with Crippen LogP contribution in [0.2, 0.25) is 5.02 Å². The second-order valence-corrected chi connectivity index (χ2v) is 8.98. The maximum Gasteiger partial charge on any atom is 0.268 e. The minimum absolute atomic E-state index is 0.0944. The normalized spacial score (nSPS) is 12.1. The summed E-state index contributed by atoms with van der Waals surface area (Å²) in [7, 11) is 0. The molecule has 0 saturated carbocycles. The number of hydrogen-bond donors (Lipinski definition) is 2. The molecule has 0 saturated heterocycles. The van der Waals surface area contributed by atoms with E-state index in [0.717, 1.165) is 26.3 Å². The Morgan fingerprint density at radius 2 is 1.80 bits per heavy atom. The lowest BCUT2D eigenvalue weighted by Crippen LogP contribution is -2.28. The number of benzene rings is 3. The summed E-state index contributed by atoms with van der Waals surface area (Å²) < 4.78 is 0. The monoisotopic (exact) mass is 434 g/mol. The molecule has 0 fully saturated rings. The first-order valence-corrected chi connectivity index (χ1v) is 11.1. The van der Waals surface area contributed by atoms with Crippen molar-refractivity contribution in [3.63, 3.8) is 0 Å². The van der Waals surface area contributed by atoms with Crippen molar-refractivity contribution in [2.45, 2.75) is 29.6 Å². The molecular formula is C25H23ClN2OS. The van der Waals surface area contributed by atoms with E-state index in [1.54, 1.807) is 11.8 Å². The van der Waals surface area contributed by atoms with E-state index >= 15 is 0 Å². The van der Waals surface area contributed by atoms with E-state index in [9.17, 15) is 4.79 Å². The van der Waals surface area contributed by atoms with Gasteiger partial charge in [-0.05, 0) is 54.3 Å². The van der Waals surface area contributed by atoms with Crippen molar-refractivity contribution in [3.05, 3.63) is 94.6 Å². The molecule has 30 heavy (non-hydrogen) atoms. The second kappa shape index (κ2) is 8.99. The minimum atomic E-state index is -0.0944. The molecule has 0 radical (unpaired) electrons. The molecule has 0 aliphatic heterocycles. The minimum Gasteiger partial charge on any atom is -0.350 e. The van der Waals surface area contributed by atoms with Crippen LogP contribution in [0.1, 0.15) is 34.5 Å². The molecule has 5 heteroatoms. The van der Waals surface area contributed by atoms with Crippen molar-refractivity contribution in [2.75, 3.05) is 6.54 Å². The zero-order chi connectivity index (χ0) is 21.1. The highest BCUT2D eigenvalue weighted by Gasteiger charge is 2.20. The lowest BCUT2D eigenvalue weighted by atomic mass is 10.0. The summed E-state index contributed by atoms with van der Waals surface area (Å²) in [5.74, 6) is 0.136. The average molecular weight is 435 g/mol. The molecule has 1 amide bonds. The van der Waals surface area contributed by atoms with Crippen molar-refractivity contribution in [1.82, 2.24) is 10.3 Å². The first-order valence-electron chi connectivity index (χ1n) is 9.90. The van der Waals surface area contributed by atoms with Crippen molar-refractivity contribution in [3.8, 4) is 0 Å². The smallest absolute Gasteiger partial charge is 0.268 e. The molecule has 0 bridgehead atoms. The SMILES string of the molecule is Cc1ccc2c(Sc3ccc(Cl)cc3)c(C(=O)NC[C@@H](C)c3ccccc3)[nH]c2c1. The van der Waals surface area contributed by atoms with E-state index in [1.165, 1.54) is 5.56 Å². The fourth-order valence-electron chi connectivity index (χ4n) is 3.41. The largest absolute Gasteiger partial charge is 0.350 e. The fourth-order valence-corrected chi connectivity index (χ4v) is 4.57. The van der Waals surface area contributed by atoms with Gasteiger partial charge in [-0.1, -0.05) is 72.8 Å². The van der Waals surface area contributed by atoms with Gasteiger partial charge in [0.15, 0.2) is 0 Å². The van der Waals surface area contributed by atoms with Crippen molar-refractivity contribution in [2.24, 2.45) is 0 Å². The summed E-state index contributed by atoms with van der Waals surface area (Å²) in [6, 6.07) is 24.1. The van der Waals surface area contributed by atoms with Gasteiger partial charge >= 0.3 is 0 Å². The zero-order valence-electron chi connectivity index (χ0n) is 16.9. The summed E-state index contributed by atoms with van der Waals surface area (Å²) in [6.07, 6.45) is 0. The number of carbonyl (C=O) groups is 1. The number of halogens is 1. The fraction of sp³-hybridized carbons (Fsp3) is 0.160. The molecule has 3 aromatic carbocycles. The number of aromatic amines is 1. The first kappa shape index (κ1) is 20.6. The molecule has 1 atom stereocenters. The molecule has 1 aromatic heterocycles. The van der Waals surface area contributed by atoms with Gasteiger partial charge in [0.05, 0.1) is 4.90 Å². The molecule has 3 nitrogen and oxygen atoms in total. The van der Waals surface area contributed by atoms with Crippen molar-refractivity contribution >= 4 is 40.2 Å². The third-order valence-electron chi connectivity index (χ3n) is 5.10. The van der Waals surface area contributed by atoms with Crippen LogP contribution in [0.25, 0.3) is 10.9 Å². The van der Waals surface area contributed by atoms with Gasteiger partial charge < -0.3 is 10.3 Å². The number of carbonyl (C=O) groups excluding carboxylic acids is 1. The van der Waals surface area contributed by atoms with Crippen LogP contribution < -0.4 is 5.32 Å². The molecule has 152 valence electrons. The highest BCUT2D eigenvalue weighted by molar-refractivity contribution is 7.99. The van der Waals surface area contributed by atoms with Crippen LogP contribution in [0, 0.1) is 6.92 Å². The predicted molar refractivity (Wildman–Crippen MR) is 126 cm³/mol. The quantitative estimate of drug-likeness (QED) is 0.350. The van der Waals surface area contributed by atoms with E-state index in [4.69, 9.17) is 11.6 Å². The zero-order valence-corrected chi connectivity index (χ0v) is 18.5. The summed E-state index contributed by atoms with van der Waals surface area (Å²) in [4.78, 5) is 18.4. The lowest BCUT2D eigenvalue weighted by Gasteiger charge is -2.13. The summed E-state index contributed by atoms with van der Waals surface area (Å²) in [5.41, 5.74) is 3.92. The number of nitrogens with one attached hydrogen (secondary N) is 2. The van der Waals surface area contributed by atoms with Gasteiger partial charge in [0.2, 0.25) is 0 Å². The highest BCUT2D eigenvalue weighted by atomic mass is 35.5. The van der Waals surface area contributed by atoms with E-state index in [0.29, 0.717) is 17.3 Å². The Balaban J connectivity index is 1.61. The van der Waals surface area contributed by atoms with Gasteiger partial charge in [-0.2, -0.15) is 0 Å². The van der Waals surface area contributed by atoms with Crippen LogP contribution in [-0.2, 0) is 0 Å². The third kappa shape index (κ3) is 4.55. The molecule has 0 unspecified atom stereocenters. The number of aromatic nitrogens is 1.